The predicted octanol–water partition coefficient (Wildman–Crippen LogP) is 6.93. The van der Waals surface area contributed by atoms with Crippen molar-refractivity contribution in [1.29, 1.82) is 0 Å². The van der Waals surface area contributed by atoms with Gasteiger partial charge in [-0.15, -0.1) is 0 Å². The number of benzene rings is 1. The minimum atomic E-state index is -1.08. The highest BCUT2D eigenvalue weighted by molar-refractivity contribution is 6.01. The van der Waals surface area contributed by atoms with Crippen molar-refractivity contribution in [2.24, 2.45) is 10.9 Å². The molecule has 2 rings (SSSR count). The summed E-state index contributed by atoms with van der Waals surface area (Å²) in [5.74, 6) is -1.49. The van der Waals surface area contributed by atoms with Gasteiger partial charge >= 0.3 is 6.09 Å². The Labute approximate surface area is 266 Å². The van der Waals surface area contributed by atoms with Crippen LogP contribution in [0.15, 0.2) is 78.0 Å². The number of unbranched alkanes of at least 4 members (excludes halogenated alkanes) is 1. The van der Waals surface area contributed by atoms with E-state index in [9.17, 15) is 14.0 Å². The number of nitrogens with zero attached hydrogens (tertiary/aromatic N) is 3. The number of nitrogens with one attached hydrogen (secondary N) is 3. The minimum Gasteiger partial charge on any atom is -0.474 e. The van der Waals surface area contributed by atoms with E-state index in [2.05, 4.69) is 39.1 Å². The van der Waals surface area contributed by atoms with Crippen molar-refractivity contribution in [2.75, 3.05) is 18.9 Å². The number of aromatic nitrogens is 1. The van der Waals surface area contributed by atoms with Gasteiger partial charge in [0.1, 0.15) is 17.5 Å². The van der Waals surface area contributed by atoms with Gasteiger partial charge in [0.2, 0.25) is 5.88 Å². The number of carbonyl (C=O) groups is 2. The van der Waals surface area contributed by atoms with Crippen LogP contribution in [0.1, 0.15) is 65.6 Å². The number of aliphatic imine (C=N–C) groups is 1. The molecule has 2 atom stereocenters. The molecule has 0 unspecified atom stereocenters. The summed E-state index contributed by atoms with van der Waals surface area (Å²) in [6.07, 6.45) is 2.26. The van der Waals surface area contributed by atoms with Crippen molar-refractivity contribution in [1.82, 2.24) is 20.5 Å². The summed E-state index contributed by atoms with van der Waals surface area (Å²) >= 11 is 0. The average Bonchev–Trinajstić information content (AvgIpc) is 2.96. The van der Waals surface area contributed by atoms with Crippen LogP contribution in [0, 0.1) is 12.8 Å². The predicted molar refractivity (Wildman–Crippen MR) is 178 cm³/mol. The van der Waals surface area contributed by atoms with Gasteiger partial charge in [0.25, 0.3) is 5.91 Å². The van der Waals surface area contributed by atoms with Crippen molar-refractivity contribution < 1.29 is 23.5 Å². The lowest BCUT2D eigenvalue weighted by molar-refractivity contribution is -0.114. The van der Waals surface area contributed by atoms with Gasteiger partial charge in [0.05, 0.1) is 12.0 Å². The maximum Gasteiger partial charge on any atom is 0.415 e. The Bertz CT molecular complexity index is 1400. The molecular weight excluding hydrogens is 575 g/mol. The maximum absolute atomic E-state index is 13.2. The Morgan fingerprint density at radius 2 is 1.80 bits per heavy atom. The number of aryl methyl sites for hydroxylation is 1. The molecule has 0 aliphatic heterocycles. The number of ether oxygens (including phenoxy) is 2. The minimum absolute atomic E-state index is 0.228. The van der Waals surface area contributed by atoms with E-state index in [1.54, 1.807) is 37.4 Å². The monoisotopic (exact) mass is 622 g/mol. The summed E-state index contributed by atoms with van der Waals surface area (Å²) in [5, 5.41) is 9.00. The van der Waals surface area contributed by atoms with Crippen LogP contribution in [0.2, 0.25) is 0 Å². The fraction of sp³-hybridized carbons (Fsp3) is 0.412. The van der Waals surface area contributed by atoms with Gasteiger partial charge in [-0.05, 0) is 64.8 Å². The van der Waals surface area contributed by atoms with E-state index in [-0.39, 0.29) is 17.8 Å². The van der Waals surface area contributed by atoms with Crippen LogP contribution in [-0.2, 0) is 9.53 Å². The van der Waals surface area contributed by atoms with Crippen molar-refractivity contribution >= 4 is 29.7 Å². The Balaban J connectivity index is 2.45. The molecule has 1 aromatic carbocycles. The van der Waals surface area contributed by atoms with E-state index in [0.717, 1.165) is 35.5 Å². The highest BCUT2D eigenvalue weighted by Gasteiger charge is 2.25. The van der Waals surface area contributed by atoms with Crippen LogP contribution in [0.25, 0.3) is 5.70 Å². The molecule has 2 aromatic rings. The van der Waals surface area contributed by atoms with Crippen molar-refractivity contribution in [2.45, 2.75) is 73.0 Å². The molecule has 1 heterocycles. The van der Waals surface area contributed by atoms with Crippen LogP contribution in [-0.4, -0.2) is 53.5 Å². The first-order valence-electron chi connectivity index (χ1n) is 14.9. The molecule has 244 valence electrons. The molecule has 0 radical (unpaired) electrons. The zero-order chi connectivity index (χ0) is 33.7. The van der Waals surface area contributed by atoms with Crippen molar-refractivity contribution in [3.05, 3.63) is 84.2 Å². The Hall–Kier alpha value is -4.67. The Morgan fingerprint density at radius 1 is 1.13 bits per heavy atom. The molecule has 3 N–H and O–H groups in total. The second-order valence-corrected chi connectivity index (χ2v) is 11.5. The van der Waals surface area contributed by atoms with E-state index < -0.39 is 23.4 Å². The second-order valence-electron chi connectivity index (χ2n) is 11.5. The van der Waals surface area contributed by atoms with E-state index in [0.29, 0.717) is 18.1 Å². The van der Waals surface area contributed by atoms with E-state index in [4.69, 9.17) is 9.47 Å². The third-order valence-electron chi connectivity index (χ3n) is 6.62. The quantitative estimate of drug-likeness (QED) is 0.112. The smallest absolute Gasteiger partial charge is 0.415 e. The fourth-order valence-corrected chi connectivity index (χ4v) is 4.10. The van der Waals surface area contributed by atoms with Crippen molar-refractivity contribution in [3.63, 3.8) is 0 Å². The molecule has 0 saturated carbocycles. The molecule has 0 spiro atoms. The van der Waals surface area contributed by atoms with Crippen molar-refractivity contribution in [3.8, 4) is 5.88 Å². The zero-order valence-corrected chi connectivity index (χ0v) is 27.7. The number of carbonyl (C=O) groups excluding carboxylic acids is 2. The lowest BCUT2D eigenvalue weighted by atomic mass is 9.97. The van der Waals surface area contributed by atoms with Gasteiger partial charge < -0.3 is 25.4 Å². The first-order valence-corrected chi connectivity index (χ1v) is 14.9. The summed E-state index contributed by atoms with van der Waals surface area (Å²) in [7, 11) is 1.78. The molecule has 2 amide bonds. The SMILES string of the molecule is C=C(F)C(=O)Nc1ccc(C(NC)=C(NC=NC(=C)N(CCCC)C(=O)OC(C)(C)C)[C@H](C)[C@@H](C)Oc2cccc(C)n2)cc1. The molecule has 0 aliphatic rings. The standard InChI is InChI=1S/C34H47FN6O4/c1-11-12-20-41(33(43)45-34(7,8)9)26(6)37-21-38-30(23(3)25(5)44-29-15-13-14-22(2)39-29)31(36-10)27-16-18-28(19-17-27)40-32(42)24(4)35/h13-19,21,23,25,36H,4,6,11-12,20H2,1-3,5,7-10H3,(H,37,38)(H,40,42)/t23-,25-/m1/s1. The van der Waals surface area contributed by atoms with Gasteiger partial charge in [-0.3, -0.25) is 9.69 Å². The van der Waals surface area contributed by atoms with Gasteiger partial charge in [-0.25, -0.2) is 19.2 Å². The lowest BCUT2D eigenvalue weighted by Crippen LogP contribution is -2.36. The molecule has 0 bridgehead atoms. The molecule has 11 heteroatoms. The number of hydrogen-bond donors (Lipinski definition) is 3. The fourth-order valence-electron chi connectivity index (χ4n) is 4.10. The molecule has 0 saturated heterocycles. The highest BCUT2D eigenvalue weighted by atomic mass is 19.1. The zero-order valence-electron chi connectivity index (χ0n) is 27.7. The Kier molecular flexibility index (Phi) is 13.8. The topological polar surface area (TPSA) is 117 Å². The van der Waals surface area contributed by atoms with Crippen LogP contribution < -0.4 is 20.7 Å². The van der Waals surface area contributed by atoms with Gasteiger partial charge in [0.15, 0.2) is 5.83 Å². The number of pyridine rings is 1. The van der Waals surface area contributed by atoms with E-state index >= 15 is 0 Å². The largest absolute Gasteiger partial charge is 0.474 e. The van der Waals surface area contributed by atoms with Crippen LogP contribution in [0.4, 0.5) is 14.9 Å². The van der Waals surface area contributed by atoms with Crippen LogP contribution >= 0.6 is 0 Å². The lowest BCUT2D eigenvalue weighted by Gasteiger charge is -2.28. The molecule has 0 fully saturated rings. The molecule has 45 heavy (non-hydrogen) atoms. The summed E-state index contributed by atoms with van der Waals surface area (Å²) in [5.41, 5.74) is 2.79. The molecule has 0 aliphatic carbocycles. The number of halogens is 1. The first-order chi connectivity index (χ1) is 21.2. The second kappa shape index (κ2) is 17.0. The summed E-state index contributed by atoms with van der Waals surface area (Å²) in [6, 6.07) is 12.5. The summed E-state index contributed by atoms with van der Waals surface area (Å²) in [6.45, 7) is 20.8. The first kappa shape index (κ1) is 36.5. The number of rotatable bonds is 15. The normalized spacial score (nSPS) is 13.3. The maximum atomic E-state index is 13.2. The molecule has 10 nitrogen and oxygen atoms in total. The van der Waals surface area contributed by atoms with Gasteiger partial charge in [-0.1, -0.05) is 51.6 Å². The van der Waals surface area contributed by atoms with E-state index in [1.165, 1.54) is 11.2 Å². The van der Waals surface area contributed by atoms with E-state index in [1.807, 2.05) is 60.6 Å². The van der Waals surface area contributed by atoms with Crippen LogP contribution in [0.5, 0.6) is 5.88 Å². The summed E-state index contributed by atoms with van der Waals surface area (Å²) in [4.78, 5) is 35.0. The number of anilines is 1. The summed E-state index contributed by atoms with van der Waals surface area (Å²) < 4.78 is 25.0. The average molecular weight is 623 g/mol. The van der Waals surface area contributed by atoms with Gasteiger partial charge in [-0.2, -0.15) is 0 Å². The molecular formula is C34H47FN6O4. The highest BCUT2D eigenvalue weighted by Crippen LogP contribution is 2.26. The number of amides is 2. The third kappa shape index (κ3) is 11.7. The van der Waals surface area contributed by atoms with Crippen LogP contribution in [0.3, 0.4) is 0 Å². The Morgan fingerprint density at radius 3 is 2.36 bits per heavy atom. The third-order valence-corrected chi connectivity index (χ3v) is 6.62. The van der Waals surface area contributed by atoms with Gasteiger partial charge in [0, 0.05) is 42.7 Å². The number of hydrogen-bond acceptors (Lipinski definition) is 7. The molecule has 1 aromatic heterocycles.